The molecular weight excluding hydrogens is 540 g/mol. The lowest BCUT2D eigenvalue weighted by molar-refractivity contribution is -0.107. The van der Waals surface area contributed by atoms with E-state index in [1.54, 1.807) is 12.0 Å². The first-order chi connectivity index (χ1) is 19.9. The highest BCUT2D eigenvalue weighted by Gasteiger charge is 2.23. The van der Waals surface area contributed by atoms with Gasteiger partial charge in [0.05, 0.1) is 11.2 Å². The summed E-state index contributed by atoms with van der Waals surface area (Å²) in [5.41, 5.74) is 6.68. The third-order valence-corrected chi connectivity index (χ3v) is 7.56. The summed E-state index contributed by atoms with van der Waals surface area (Å²) in [7, 11) is 1.65. The van der Waals surface area contributed by atoms with Crippen LogP contribution < -0.4 is 10.2 Å². The number of carbonyl (C=O) groups excluding carboxylic acids is 2. The summed E-state index contributed by atoms with van der Waals surface area (Å²) in [6.07, 6.45) is 1.54. The average Bonchev–Trinajstić information content (AvgIpc) is 3.47. The van der Waals surface area contributed by atoms with Crippen molar-refractivity contribution in [1.82, 2.24) is 15.0 Å². The summed E-state index contributed by atoms with van der Waals surface area (Å²) in [5.74, 6) is 0.512. The van der Waals surface area contributed by atoms with Gasteiger partial charge in [-0.3, -0.25) is 9.59 Å². The zero-order chi connectivity index (χ0) is 29.1. The first kappa shape index (κ1) is 28.4. The molecule has 2 amide bonds. The van der Waals surface area contributed by atoms with Gasteiger partial charge in [0, 0.05) is 71.5 Å². The van der Waals surface area contributed by atoms with Gasteiger partial charge in [-0.2, -0.15) is 0 Å². The summed E-state index contributed by atoms with van der Waals surface area (Å²) in [6, 6.07) is 17.7. The Hall–Kier alpha value is -4.14. The molecule has 41 heavy (non-hydrogen) atoms. The Labute approximate surface area is 243 Å². The number of aromatic nitrogens is 2. The van der Waals surface area contributed by atoms with Gasteiger partial charge in [0.2, 0.25) is 6.41 Å². The number of ether oxygens (including phenoxy) is 1. The van der Waals surface area contributed by atoms with E-state index in [0.717, 1.165) is 56.3 Å². The molecule has 0 saturated carbocycles. The van der Waals surface area contributed by atoms with E-state index in [1.165, 1.54) is 0 Å². The van der Waals surface area contributed by atoms with Crippen LogP contribution in [0.15, 0.2) is 59.1 Å². The van der Waals surface area contributed by atoms with Gasteiger partial charge in [0.15, 0.2) is 0 Å². The van der Waals surface area contributed by atoms with Gasteiger partial charge in [0.1, 0.15) is 5.76 Å². The molecule has 5 rings (SSSR count). The van der Waals surface area contributed by atoms with Gasteiger partial charge in [-0.25, -0.2) is 0 Å². The highest BCUT2D eigenvalue weighted by atomic mass is 35.5. The van der Waals surface area contributed by atoms with E-state index in [-0.39, 0.29) is 5.91 Å². The molecule has 0 bridgehead atoms. The third-order valence-electron chi connectivity index (χ3n) is 7.31. The molecule has 0 aliphatic rings. The van der Waals surface area contributed by atoms with Gasteiger partial charge < -0.3 is 24.0 Å². The maximum absolute atomic E-state index is 13.6. The van der Waals surface area contributed by atoms with E-state index < -0.39 is 0 Å². The minimum absolute atomic E-state index is 0.172. The van der Waals surface area contributed by atoms with Gasteiger partial charge in [-0.05, 0) is 80.8 Å². The van der Waals surface area contributed by atoms with E-state index in [0.29, 0.717) is 49.0 Å². The maximum Gasteiger partial charge on any atom is 0.252 e. The molecule has 3 aromatic carbocycles. The molecule has 9 heteroatoms. The average molecular weight is 573 g/mol. The molecule has 0 unspecified atom stereocenters. The number of hydrogen-bond acceptors (Lipinski definition) is 5. The minimum atomic E-state index is -0.172. The number of fused-ring (bicyclic) bond motifs is 3. The number of nitrogens with one attached hydrogen (secondary N) is 1. The Balaban J connectivity index is 1.81. The predicted molar refractivity (Wildman–Crippen MR) is 163 cm³/mol. The Kier molecular flexibility index (Phi) is 8.42. The lowest BCUT2D eigenvalue weighted by Gasteiger charge is -2.17. The van der Waals surface area contributed by atoms with E-state index in [9.17, 15) is 9.59 Å². The van der Waals surface area contributed by atoms with Crippen LogP contribution >= 0.6 is 11.6 Å². The Morgan fingerprint density at radius 1 is 1.12 bits per heavy atom. The lowest BCUT2D eigenvalue weighted by atomic mass is 9.97. The summed E-state index contributed by atoms with van der Waals surface area (Å²) in [6.45, 7) is 7.79. The van der Waals surface area contributed by atoms with Crippen LogP contribution in [0.3, 0.4) is 0 Å². The zero-order valence-corrected chi connectivity index (χ0v) is 24.4. The second-order valence-corrected chi connectivity index (χ2v) is 10.5. The largest absolute Gasteiger partial charge is 0.385 e. The maximum atomic E-state index is 13.6. The number of aryl methyl sites for hydroxylation is 2. The van der Waals surface area contributed by atoms with Crippen LogP contribution in [0, 0.1) is 13.8 Å². The number of anilines is 1. The van der Waals surface area contributed by atoms with Crippen LogP contribution in [0.2, 0.25) is 5.02 Å². The quantitative estimate of drug-likeness (QED) is 0.144. The van der Waals surface area contributed by atoms with Crippen LogP contribution in [-0.2, 0) is 16.1 Å². The van der Waals surface area contributed by atoms with E-state index in [1.807, 2.05) is 69.3 Å². The summed E-state index contributed by atoms with van der Waals surface area (Å²) in [5, 5.41) is 9.51. The Morgan fingerprint density at radius 2 is 1.90 bits per heavy atom. The number of methoxy groups -OCH3 is 1. The fourth-order valence-corrected chi connectivity index (χ4v) is 5.56. The van der Waals surface area contributed by atoms with Crippen LogP contribution in [0.5, 0.6) is 0 Å². The Morgan fingerprint density at radius 3 is 2.56 bits per heavy atom. The van der Waals surface area contributed by atoms with Crippen molar-refractivity contribution in [3.8, 4) is 11.1 Å². The molecular formula is C32H33ClN4O4. The number of hydrogen-bond donors (Lipinski definition) is 1. The first-order valence-corrected chi connectivity index (χ1v) is 14.0. The third kappa shape index (κ3) is 5.58. The van der Waals surface area contributed by atoms with Crippen molar-refractivity contribution in [1.29, 1.82) is 0 Å². The van der Waals surface area contributed by atoms with Crippen molar-refractivity contribution in [3.05, 3.63) is 82.2 Å². The second kappa shape index (κ2) is 12.2. The van der Waals surface area contributed by atoms with Crippen molar-refractivity contribution in [2.24, 2.45) is 0 Å². The van der Waals surface area contributed by atoms with E-state index >= 15 is 0 Å². The molecule has 0 radical (unpaired) electrons. The number of nitrogens with zero attached hydrogens (tertiary/aromatic N) is 3. The molecule has 0 aliphatic heterocycles. The van der Waals surface area contributed by atoms with Crippen molar-refractivity contribution in [2.45, 2.75) is 33.7 Å². The van der Waals surface area contributed by atoms with Gasteiger partial charge in [-0.15, -0.1) is 0 Å². The summed E-state index contributed by atoms with van der Waals surface area (Å²) in [4.78, 5) is 27.3. The number of carbonyl (C=O) groups is 2. The fourth-order valence-electron chi connectivity index (χ4n) is 5.43. The zero-order valence-electron chi connectivity index (χ0n) is 23.7. The highest BCUT2D eigenvalue weighted by Crippen LogP contribution is 2.39. The van der Waals surface area contributed by atoms with Crippen molar-refractivity contribution >= 4 is 51.4 Å². The lowest BCUT2D eigenvalue weighted by Crippen LogP contribution is -2.23. The van der Waals surface area contributed by atoms with Crippen LogP contribution in [0.25, 0.3) is 32.9 Å². The SMILES string of the molecule is CCNC(=O)c1cc(-c2c(C)noc2C)cc2c1c1cc(N(C=O)CCCOC)ccc1n2Cc1ccc(Cl)cc1. The van der Waals surface area contributed by atoms with Crippen molar-refractivity contribution < 1.29 is 18.8 Å². The smallest absolute Gasteiger partial charge is 0.252 e. The highest BCUT2D eigenvalue weighted by molar-refractivity contribution is 6.30. The number of benzene rings is 3. The van der Waals surface area contributed by atoms with Gasteiger partial charge in [0.25, 0.3) is 5.91 Å². The molecule has 0 saturated heterocycles. The Bertz CT molecular complexity index is 1700. The molecule has 0 aliphatic carbocycles. The van der Waals surface area contributed by atoms with E-state index in [2.05, 4.69) is 21.1 Å². The van der Waals surface area contributed by atoms with E-state index in [4.69, 9.17) is 20.9 Å². The van der Waals surface area contributed by atoms with Gasteiger partial charge in [-0.1, -0.05) is 28.9 Å². The number of amides is 2. The van der Waals surface area contributed by atoms with Crippen molar-refractivity contribution in [2.75, 3.05) is 31.7 Å². The van der Waals surface area contributed by atoms with Gasteiger partial charge >= 0.3 is 0 Å². The van der Waals surface area contributed by atoms with Crippen LogP contribution in [0.1, 0.15) is 40.7 Å². The normalized spacial score (nSPS) is 11.3. The number of rotatable bonds is 11. The standard InChI is InChI=1S/C32H33ClN4O4/c1-5-34-32(39)27-15-23(30-20(2)35-41-21(30)3)16-29-31(27)26-17-25(36(19-38)13-6-14-40-4)11-12-28(26)37(29)18-22-7-9-24(33)10-8-22/h7-12,15-17,19H,5-6,13-14,18H2,1-4H3,(H,34,39). The summed E-state index contributed by atoms with van der Waals surface area (Å²) < 4.78 is 12.9. The second-order valence-electron chi connectivity index (χ2n) is 10.0. The number of halogens is 1. The molecule has 0 atom stereocenters. The molecule has 0 spiro atoms. The molecule has 5 aromatic rings. The predicted octanol–water partition coefficient (Wildman–Crippen LogP) is 6.52. The van der Waals surface area contributed by atoms with Crippen LogP contribution in [-0.4, -0.2) is 48.8 Å². The van der Waals surface area contributed by atoms with Crippen molar-refractivity contribution in [3.63, 3.8) is 0 Å². The summed E-state index contributed by atoms with van der Waals surface area (Å²) >= 11 is 6.18. The molecule has 2 heterocycles. The first-order valence-electron chi connectivity index (χ1n) is 13.6. The molecule has 0 fully saturated rings. The topological polar surface area (TPSA) is 89.6 Å². The monoisotopic (exact) mass is 572 g/mol. The minimum Gasteiger partial charge on any atom is -0.385 e. The molecule has 1 N–H and O–H groups in total. The molecule has 212 valence electrons. The molecule has 8 nitrogen and oxygen atoms in total. The van der Waals surface area contributed by atoms with Crippen LogP contribution in [0.4, 0.5) is 5.69 Å². The molecule has 2 aromatic heterocycles. The fraction of sp³-hybridized carbons (Fsp3) is 0.281.